The Morgan fingerprint density at radius 1 is 1.44 bits per heavy atom. The van der Waals surface area contributed by atoms with Gasteiger partial charge in [0.05, 0.1) is 5.69 Å². The van der Waals surface area contributed by atoms with Gasteiger partial charge in [0, 0.05) is 0 Å². The lowest BCUT2D eigenvalue weighted by Crippen LogP contribution is -2.21. The standard InChI is InChI=1S/C8H8F3N3O2/c9-8(10,11)3-16-7-4(12)1-2-5(14-7)6(13)15/h1-2H,3,12H2,(H2,13,15). The highest BCUT2D eigenvalue weighted by Crippen LogP contribution is 2.22. The maximum absolute atomic E-state index is 11.8. The first-order chi connectivity index (χ1) is 7.29. The van der Waals surface area contributed by atoms with Crippen molar-refractivity contribution in [2.45, 2.75) is 6.18 Å². The number of hydrogen-bond donors (Lipinski definition) is 2. The van der Waals surface area contributed by atoms with E-state index in [1.165, 1.54) is 12.1 Å². The van der Waals surface area contributed by atoms with Gasteiger partial charge in [-0.25, -0.2) is 4.98 Å². The predicted octanol–water partition coefficient (Wildman–Crippen LogP) is 0.704. The molecule has 0 aromatic carbocycles. The van der Waals surface area contributed by atoms with E-state index < -0.39 is 24.6 Å². The summed E-state index contributed by atoms with van der Waals surface area (Å²) >= 11 is 0. The number of rotatable bonds is 3. The van der Waals surface area contributed by atoms with Crippen LogP contribution in [0, 0.1) is 0 Å². The lowest BCUT2D eigenvalue weighted by Gasteiger charge is -2.10. The molecule has 1 aromatic rings. The van der Waals surface area contributed by atoms with E-state index in [9.17, 15) is 18.0 Å². The Morgan fingerprint density at radius 3 is 2.56 bits per heavy atom. The second-order valence-corrected chi connectivity index (χ2v) is 2.86. The van der Waals surface area contributed by atoms with Crippen LogP contribution in [0.2, 0.25) is 0 Å². The molecular formula is C8H8F3N3O2. The minimum absolute atomic E-state index is 0.103. The third-order valence-electron chi connectivity index (χ3n) is 1.51. The molecule has 16 heavy (non-hydrogen) atoms. The van der Waals surface area contributed by atoms with Crippen molar-refractivity contribution in [3.8, 4) is 5.88 Å². The molecule has 0 atom stereocenters. The molecule has 1 aromatic heterocycles. The van der Waals surface area contributed by atoms with Crippen molar-refractivity contribution in [3.63, 3.8) is 0 Å². The van der Waals surface area contributed by atoms with Crippen LogP contribution < -0.4 is 16.2 Å². The molecular weight excluding hydrogens is 227 g/mol. The second-order valence-electron chi connectivity index (χ2n) is 2.86. The van der Waals surface area contributed by atoms with Gasteiger partial charge < -0.3 is 16.2 Å². The number of carbonyl (C=O) groups excluding carboxylic acids is 1. The summed E-state index contributed by atoms with van der Waals surface area (Å²) in [6.45, 7) is -1.54. The summed E-state index contributed by atoms with van der Waals surface area (Å²) in [6.07, 6.45) is -4.50. The van der Waals surface area contributed by atoms with E-state index in [2.05, 4.69) is 9.72 Å². The zero-order valence-electron chi connectivity index (χ0n) is 7.91. The summed E-state index contributed by atoms with van der Waals surface area (Å²) in [5.74, 6) is -1.34. The van der Waals surface area contributed by atoms with Gasteiger partial charge in [-0.1, -0.05) is 0 Å². The van der Waals surface area contributed by atoms with Gasteiger partial charge in [-0.2, -0.15) is 13.2 Å². The Bertz CT molecular complexity index is 406. The normalized spacial score (nSPS) is 11.2. The minimum atomic E-state index is -4.50. The average molecular weight is 235 g/mol. The second kappa shape index (κ2) is 4.25. The van der Waals surface area contributed by atoms with Gasteiger partial charge in [0.2, 0.25) is 5.88 Å². The number of halogens is 3. The summed E-state index contributed by atoms with van der Waals surface area (Å²) in [4.78, 5) is 14.2. The number of nitrogen functional groups attached to an aromatic ring is 1. The summed E-state index contributed by atoms with van der Waals surface area (Å²) < 4.78 is 39.9. The van der Waals surface area contributed by atoms with Gasteiger partial charge in [0.25, 0.3) is 5.91 Å². The van der Waals surface area contributed by atoms with Gasteiger partial charge in [-0.05, 0) is 12.1 Å². The van der Waals surface area contributed by atoms with Gasteiger partial charge in [-0.3, -0.25) is 4.79 Å². The van der Waals surface area contributed by atoms with Crippen molar-refractivity contribution >= 4 is 11.6 Å². The zero-order valence-corrected chi connectivity index (χ0v) is 7.91. The van der Waals surface area contributed by atoms with Crippen LogP contribution in [-0.2, 0) is 0 Å². The summed E-state index contributed by atoms with van der Waals surface area (Å²) in [7, 11) is 0. The molecule has 0 bridgehead atoms. The number of nitrogens with zero attached hydrogens (tertiary/aromatic N) is 1. The SMILES string of the molecule is NC(=O)c1ccc(N)c(OCC(F)(F)F)n1. The smallest absolute Gasteiger partial charge is 0.422 e. The van der Waals surface area contributed by atoms with E-state index in [1.807, 2.05) is 0 Å². The van der Waals surface area contributed by atoms with Crippen molar-refractivity contribution in [1.82, 2.24) is 4.98 Å². The van der Waals surface area contributed by atoms with Crippen LogP contribution >= 0.6 is 0 Å². The van der Waals surface area contributed by atoms with Crippen LogP contribution in [0.1, 0.15) is 10.5 Å². The van der Waals surface area contributed by atoms with Crippen LogP contribution in [-0.4, -0.2) is 23.7 Å². The first-order valence-corrected chi connectivity index (χ1v) is 4.05. The van der Waals surface area contributed by atoms with Crippen molar-refractivity contribution in [2.75, 3.05) is 12.3 Å². The highest BCUT2D eigenvalue weighted by atomic mass is 19.4. The Balaban J connectivity index is 2.86. The first kappa shape index (κ1) is 12.1. The number of aromatic nitrogens is 1. The molecule has 1 amide bonds. The maximum Gasteiger partial charge on any atom is 0.422 e. The van der Waals surface area contributed by atoms with Crippen molar-refractivity contribution in [2.24, 2.45) is 5.73 Å². The zero-order chi connectivity index (χ0) is 12.3. The third kappa shape index (κ3) is 3.30. The van der Waals surface area contributed by atoms with Crippen LogP contribution in [0.15, 0.2) is 12.1 Å². The molecule has 88 valence electrons. The molecule has 5 nitrogen and oxygen atoms in total. The number of anilines is 1. The summed E-state index contributed by atoms with van der Waals surface area (Å²) in [5.41, 5.74) is 9.89. The molecule has 0 aliphatic carbocycles. The molecule has 0 spiro atoms. The van der Waals surface area contributed by atoms with Crippen LogP contribution in [0.4, 0.5) is 18.9 Å². The summed E-state index contributed by atoms with van der Waals surface area (Å²) in [6, 6.07) is 2.39. The fourth-order valence-corrected chi connectivity index (χ4v) is 0.854. The van der Waals surface area contributed by atoms with E-state index in [-0.39, 0.29) is 11.4 Å². The van der Waals surface area contributed by atoms with E-state index in [4.69, 9.17) is 11.5 Å². The number of ether oxygens (including phenoxy) is 1. The average Bonchev–Trinajstić information content (AvgIpc) is 2.14. The molecule has 1 heterocycles. The van der Waals surface area contributed by atoms with E-state index in [0.29, 0.717) is 0 Å². The van der Waals surface area contributed by atoms with Gasteiger partial charge in [0.1, 0.15) is 5.69 Å². The lowest BCUT2D eigenvalue weighted by atomic mass is 10.3. The third-order valence-corrected chi connectivity index (χ3v) is 1.51. The number of hydrogen-bond acceptors (Lipinski definition) is 4. The number of carbonyl (C=O) groups is 1. The molecule has 1 rings (SSSR count). The highest BCUT2D eigenvalue weighted by Gasteiger charge is 2.29. The van der Waals surface area contributed by atoms with E-state index in [1.54, 1.807) is 0 Å². The van der Waals surface area contributed by atoms with Crippen LogP contribution in [0.5, 0.6) is 5.88 Å². The van der Waals surface area contributed by atoms with Crippen molar-refractivity contribution < 1.29 is 22.7 Å². The van der Waals surface area contributed by atoms with Gasteiger partial charge in [0.15, 0.2) is 6.61 Å². The molecule has 0 saturated carbocycles. The quantitative estimate of drug-likeness (QED) is 0.806. The first-order valence-electron chi connectivity index (χ1n) is 4.05. The Labute approximate surface area is 88.2 Å². The van der Waals surface area contributed by atoms with E-state index >= 15 is 0 Å². The fourth-order valence-electron chi connectivity index (χ4n) is 0.854. The molecule has 4 N–H and O–H groups in total. The maximum atomic E-state index is 11.8. The molecule has 0 aliphatic rings. The van der Waals surface area contributed by atoms with Crippen molar-refractivity contribution in [3.05, 3.63) is 17.8 Å². The number of primary amides is 1. The van der Waals surface area contributed by atoms with Gasteiger partial charge in [-0.15, -0.1) is 0 Å². The number of alkyl halides is 3. The molecule has 8 heteroatoms. The Morgan fingerprint density at radius 2 is 2.06 bits per heavy atom. The monoisotopic (exact) mass is 235 g/mol. The van der Waals surface area contributed by atoms with Gasteiger partial charge >= 0.3 is 6.18 Å². The fraction of sp³-hybridized carbons (Fsp3) is 0.250. The van der Waals surface area contributed by atoms with Crippen LogP contribution in [0.25, 0.3) is 0 Å². The molecule has 0 fully saturated rings. The largest absolute Gasteiger partial charge is 0.467 e. The van der Waals surface area contributed by atoms with E-state index in [0.717, 1.165) is 0 Å². The predicted molar refractivity (Wildman–Crippen MR) is 48.7 cm³/mol. The topological polar surface area (TPSA) is 91.2 Å². The Kier molecular flexibility index (Phi) is 3.21. The molecule has 0 aliphatic heterocycles. The number of amides is 1. The Hall–Kier alpha value is -1.99. The summed E-state index contributed by atoms with van der Waals surface area (Å²) in [5, 5.41) is 0. The van der Waals surface area contributed by atoms with Crippen LogP contribution in [0.3, 0.4) is 0 Å². The molecule has 0 radical (unpaired) electrons. The lowest BCUT2D eigenvalue weighted by molar-refractivity contribution is -0.153. The highest BCUT2D eigenvalue weighted by molar-refractivity contribution is 5.91. The molecule has 0 saturated heterocycles. The number of pyridine rings is 1. The van der Waals surface area contributed by atoms with Crippen molar-refractivity contribution in [1.29, 1.82) is 0 Å². The molecule has 0 unspecified atom stereocenters. The number of nitrogens with two attached hydrogens (primary N) is 2. The minimum Gasteiger partial charge on any atom is -0.467 e.